The third-order valence-corrected chi connectivity index (χ3v) is 4.20. The molecule has 0 aromatic heterocycles. The van der Waals surface area contributed by atoms with Crippen LogP contribution in [0.5, 0.6) is 0 Å². The molecular weight excluding hydrogens is 204 g/mol. The van der Waals surface area contributed by atoms with Crippen molar-refractivity contribution in [2.75, 3.05) is 27.8 Å². The molecule has 4 nitrogen and oxygen atoms in total. The van der Waals surface area contributed by atoms with Crippen LogP contribution >= 0.6 is 0 Å². The Kier molecular flexibility index (Phi) is 4.19. The monoisotopic (exact) mass is 228 g/mol. The zero-order valence-electron chi connectivity index (χ0n) is 10.6. The van der Waals surface area contributed by atoms with Gasteiger partial charge in [-0.05, 0) is 32.7 Å². The molecule has 2 fully saturated rings. The lowest BCUT2D eigenvalue weighted by Crippen LogP contribution is -2.48. The quantitative estimate of drug-likeness (QED) is 0.706. The first-order valence-electron chi connectivity index (χ1n) is 6.25. The van der Waals surface area contributed by atoms with E-state index < -0.39 is 0 Å². The van der Waals surface area contributed by atoms with Crippen molar-refractivity contribution in [3.8, 4) is 0 Å². The van der Waals surface area contributed by atoms with Gasteiger partial charge in [0.15, 0.2) is 6.29 Å². The smallest absolute Gasteiger partial charge is 0.169 e. The van der Waals surface area contributed by atoms with E-state index in [1.165, 1.54) is 25.7 Å². The Morgan fingerprint density at radius 1 is 1.19 bits per heavy atom. The maximum absolute atomic E-state index is 5.19. The molecular formula is C12H24N2O2. The normalized spacial score (nSPS) is 34.9. The number of nitrogens with one attached hydrogen (secondary N) is 1. The summed E-state index contributed by atoms with van der Waals surface area (Å²) in [7, 11) is 5.65. The predicted molar refractivity (Wildman–Crippen MR) is 63.4 cm³/mol. The number of nitrogens with zero attached hydrogens (tertiary/aromatic N) is 1. The van der Waals surface area contributed by atoms with E-state index in [1.54, 1.807) is 14.2 Å². The zero-order chi connectivity index (χ0) is 11.5. The lowest BCUT2D eigenvalue weighted by atomic mass is 9.98. The van der Waals surface area contributed by atoms with Gasteiger partial charge in [-0.1, -0.05) is 0 Å². The maximum Gasteiger partial charge on any atom is 0.169 e. The van der Waals surface area contributed by atoms with Crippen molar-refractivity contribution in [3.05, 3.63) is 0 Å². The van der Waals surface area contributed by atoms with Crippen molar-refractivity contribution in [1.82, 2.24) is 10.2 Å². The largest absolute Gasteiger partial charge is 0.355 e. The van der Waals surface area contributed by atoms with Gasteiger partial charge in [0.25, 0.3) is 0 Å². The molecule has 0 saturated carbocycles. The molecule has 2 aliphatic rings. The Bertz CT molecular complexity index is 207. The van der Waals surface area contributed by atoms with Crippen LogP contribution in [0.25, 0.3) is 0 Å². The van der Waals surface area contributed by atoms with Gasteiger partial charge in [-0.15, -0.1) is 0 Å². The van der Waals surface area contributed by atoms with Crippen molar-refractivity contribution in [3.63, 3.8) is 0 Å². The van der Waals surface area contributed by atoms with Crippen molar-refractivity contribution < 1.29 is 9.47 Å². The van der Waals surface area contributed by atoms with Gasteiger partial charge in [-0.25, -0.2) is 0 Å². The first-order chi connectivity index (χ1) is 7.74. The number of piperidine rings is 1. The summed E-state index contributed by atoms with van der Waals surface area (Å²) < 4.78 is 10.4. The van der Waals surface area contributed by atoms with Crippen molar-refractivity contribution in [1.29, 1.82) is 0 Å². The van der Waals surface area contributed by atoms with E-state index in [2.05, 4.69) is 17.3 Å². The van der Waals surface area contributed by atoms with Gasteiger partial charge in [0.05, 0.1) is 0 Å². The highest BCUT2D eigenvalue weighted by atomic mass is 16.7. The second kappa shape index (κ2) is 5.45. The Morgan fingerprint density at radius 3 is 2.25 bits per heavy atom. The minimum absolute atomic E-state index is 0.114. The lowest BCUT2D eigenvalue weighted by Gasteiger charge is -2.37. The van der Waals surface area contributed by atoms with Gasteiger partial charge in [-0.3, -0.25) is 0 Å². The average molecular weight is 228 g/mol. The summed E-state index contributed by atoms with van der Waals surface area (Å²) in [6, 6.07) is 2.22. The molecule has 0 aliphatic carbocycles. The predicted octanol–water partition coefficient (Wildman–Crippen LogP) is 0.820. The van der Waals surface area contributed by atoms with Gasteiger partial charge in [0, 0.05) is 38.9 Å². The van der Waals surface area contributed by atoms with Crippen LogP contribution in [-0.4, -0.2) is 57.1 Å². The van der Waals surface area contributed by atoms with E-state index in [4.69, 9.17) is 9.47 Å². The van der Waals surface area contributed by atoms with E-state index >= 15 is 0 Å². The molecule has 2 saturated heterocycles. The number of ether oxygens (including phenoxy) is 2. The summed E-state index contributed by atoms with van der Waals surface area (Å²) in [4.78, 5) is 2.56. The first-order valence-corrected chi connectivity index (χ1v) is 6.25. The van der Waals surface area contributed by atoms with E-state index in [1.807, 2.05) is 0 Å². The lowest BCUT2D eigenvalue weighted by molar-refractivity contribution is -0.101. The topological polar surface area (TPSA) is 33.7 Å². The molecule has 94 valence electrons. The number of hydrogen-bond acceptors (Lipinski definition) is 4. The van der Waals surface area contributed by atoms with Gasteiger partial charge < -0.3 is 19.7 Å². The SMILES string of the molecule is COC(CNC1CC2CCC(C1)N2C)OC. The van der Waals surface area contributed by atoms with Crippen molar-refractivity contribution in [2.24, 2.45) is 0 Å². The average Bonchev–Trinajstić information content (AvgIpc) is 2.55. The highest BCUT2D eigenvalue weighted by Crippen LogP contribution is 2.34. The van der Waals surface area contributed by atoms with Crippen LogP contribution < -0.4 is 5.32 Å². The molecule has 16 heavy (non-hydrogen) atoms. The molecule has 2 heterocycles. The van der Waals surface area contributed by atoms with Crippen LogP contribution in [0.2, 0.25) is 0 Å². The molecule has 2 rings (SSSR count). The third kappa shape index (κ3) is 2.56. The second-order valence-corrected chi connectivity index (χ2v) is 5.03. The summed E-state index contributed by atoms with van der Waals surface area (Å²) in [6.07, 6.45) is 5.17. The number of methoxy groups -OCH3 is 2. The standard InChI is InChI=1S/C12H24N2O2/c1-14-10-4-5-11(14)7-9(6-10)13-8-12(15-2)16-3/h9-13H,4-8H2,1-3H3. The minimum atomic E-state index is -0.114. The van der Waals surface area contributed by atoms with Gasteiger partial charge >= 0.3 is 0 Å². The molecule has 0 radical (unpaired) electrons. The van der Waals surface area contributed by atoms with E-state index in [-0.39, 0.29) is 6.29 Å². The third-order valence-electron chi connectivity index (χ3n) is 4.20. The Morgan fingerprint density at radius 2 is 1.75 bits per heavy atom. The molecule has 2 atom stereocenters. The first kappa shape index (κ1) is 12.3. The Hall–Kier alpha value is -0.160. The molecule has 0 amide bonds. The summed E-state index contributed by atoms with van der Waals surface area (Å²) in [5.41, 5.74) is 0. The Labute approximate surface area is 98.3 Å². The number of rotatable bonds is 5. The molecule has 2 unspecified atom stereocenters. The molecule has 1 N–H and O–H groups in total. The Balaban J connectivity index is 1.76. The fourth-order valence-electron chi connectivity index (χ4n) is 3.10. The summed E-state index contributed by atoms with van der Waals surface area (Å²) in [6.45, 7) is 0.792. The van der Waals surface area contributed by atoms with Crippen LogP contribution in [0.3, 0.4) is 0 Å². The van der Waals surface area contributed by atoms with Crippen LogP contribution in [0, 0.1) is 0 Å². The van der Waals surface area contributed by atoms with Gasteiger partial charge in [0.2, 0.25) is 0 Å². The van der Waals surface area contributed by atoms with Crippen LogP contribution in [0.1, 0.15) is 25.7 Å². The van der Waals surface area contributed by atoms with Crippen LogP contribution in [0.4, 0.5) is 0 Å². The minimum Gasteiger partial charge on any atom is -0.355 e. The van der Waals surface area contributed by atoms with Crippen molar-refractivity contribution >= 4 is 0 Å². The second-order valence-electron chi connectivity index (χ2n) is 5.03. The molecule has 4 heteroatoms. The molecule has 0 aromatic rings. The van der Waals surface area contributed by atoms with Gasteiger partial charge in [0.1, 0.15) is 0 Å². The van der Waals surface area contributed by atoms with Crippen LogP contribution in [-0.2, 0) is 9.47 Å². The van der Waals surface area contributed by atoms with E-state index in [9.17, 15) is 0 Å². The summed E-state index contributed by atoms with van der Waals surface area (Å²) in [5.74, 6) is 0. The highest BCUT2D eigenvalue weighted by Gasteiger charge is 2.38. The summed E-state index contributed by atoms with van der Waals surface area (Å²) >= 11 is 0. The number of hydrogen-bond donors (Lipinski definition) is 1. The highest BCUT2D eigenvalue weighted by molar-refractivity contribution is 4.95. The molecule has 0 aromatic carbocycles. The summed E-state index contributed by atoms with van der Waals surface area (Å²) in [5, 5.41) is 3.57. The van der Waals surface area contributed by atoms with Crippen LogP contribution in [0.15, 0.2) is 0 Å². The van der Waals surface area contributed by atoms with E-state index in [0.717, 1.165) is 18.6 Å². The number of fused-ring (bicyclic) bond motifs is 2. The zero-order valence-corrected chi connectivity index (χ0v) is 10.6. The maximum atomic E-state index is 5.19. The fourth-order valence-corrected chi connectivity index (χ4v) is 3.10. The molecule has 2 aliphatic heterocycles. The molecule has 0 spiro atoms. The fraction of sp³-hybridized carbons (Fsp3) is 1.00. The van der Waals surface area contributed by atoms with Gasteiger partial charge in [-0.2, -0.15) is 0 Å². The molecule has 2 bridgehead atoms. The van der Waals surface area contributed by atoms with E-state index in [0.29, 0.717) is 6.04 Å². The van der Waals surface area contributed by atoms with Crippen molar-refractivity contribution in [2.45, 2.75) is 50.1 Å².